The van der Waals surface area contributed by atoms with E-state index >= 15 is 0 Å². The highest BCUT2D eigenvalue weighted by Gasteiger charge is 2.29. The number of ether oxygens (including phenoxy) is 1. The number of benzene rings is 1. The number of nitrogens with zero attached hydrogens (tertiary/aromatic N) is 1. The SMILES string of the molecule is COc1cccc(N2CCNC(=O)C2CCN)c1. The van der Waals surface area contributed by atoms with Crippen LogP contribution in [0.3, 0.4) is 0 Å². The molecule has 1 aromatic rings. The van der Waals surface area contributed by atoms with Crippen molar-refractivity contribution in [3.63, 3.8) is 0 Å². The number of nitrogens with one attached hydrogen (secondary N) is 1. The second kappa shape index (κ2) is 5.73. The molecule has 5 heteroatoms. The van der Waals surface area contributed by atoms with Crippen molar-refractivity contribution < 1.29 is 9.53 Å². The molecule has 0 aromatic heterocycles. The van der Waals surface area contributed by atoms with Gasteiger partial charge in [0.1, 0.15) is 11.8 Å². The van der Waals surface area contributed by atoms with Crippen molar-refractivity contribution in [1.29, 1.82) is 0 Å². The Bertz CT molecular complexity index is 422. The maximum atomic E-state index is 11.9. The van der Waals surface area contributed by atoms with Crippen molar-refractivity contribution in [3.8, 4) is 5.75 Å². The zero-order chi connectivity index (χ0) is 13.0. The normalized spacial score (nSPS) is 19.6. The first-order valence-electron chi connectivity index (χ1n) is 6.14. The van der Waals surface area contributed by atoms with Gasteiger partial charge in [-0.3, -0.25) is 4.79 Å². The molecule has 1 amide bonds. The third-order valence-electron chi connectivity index (χ3n) is 3.16. The van der Waals surface area contributed by atoms with Crippen molar-refractivity contribution >= 4 is 11.6 Å². The molecular weight excluding hydrogens is 230 g/mol. The van der Waals surface area contributed by atoms with Gasteiger partial charge in [-0.05, 0) is 25.1 Å². The Labute approximate surface area is 107 Å². The van der Waals surface area contributed by atoms with Crippen molar-refractivity contribution in [2.24, 2.45) is 5.73 Å². The zero-order valence-electron chi connectivity index (χ0n) is 10.6. The summed E-state index contributed by atoms with van der Waals surface area (Å²) in [6.45, 7) is 1.96. The van der Waals surface area contributed by atoms with E-state index in [9.17, 15) is 4.79 Å². The lowest BCUT2D eigenvalue weighted by Gasteiger charge is -2.36. The van der Waals surface area contributed by atoms with Gasteiger partial charge >= 0.3 is 0 Å². The predicted molar refractivity (Wildman–Crippen MR) is 70.8 cm³/mol. The summed E-state index contributed by atoms with van der Waals surface area (Å²) in [4.78, 5) is 14.0. The molecule has 5 nitrogen and oxygen atoms in total. The Balaban J connectivity index is 2.24. The summed E-state index contributed by atoms with van der Waals surface area (Å²) in [6.07, 6.45) is 0.656. The monoisotopic (exact) mass is 249 g/mol. The summed E-state index contributed by atoms with van der Waals surface area (Å²) < 4.78 is 5.22. The van der Waals surface area contributed by atoms with Gasteiger partial charge in [0, 0.05) is 24.8 Å². The highest BCUT2D eigenvalue weighted by molar-refractivity contribution is 5.86. The first kappa shape index (κ1) is 12.7. The van der Waals surface area contributed by atoms with Crippen LogP contribution in [0, 0.1) is 0 Å². The summed E-state index contributed by atoms with van der Waals surface area (Å²) in [5.74, 6) is 0.847. The lowest BCUT2D eigenvalue weighted by Crippen LogP contribution is -2.56. The Hall–Kier alpha value is -1.75. The number of piperazine rings is 1. The molecule has 0 saturated carbocycles. The van der Waals surface area contributed by atoms with Crippen LogP contribution in [-0.4, -0.2) is 38.7 Å². The summed E-state index contributed by atoms with van der Waals surface area (Å²) in [5, 5.41) is 2.88. The molecule has 1 aliphatic rings. The number of carbonyl (C=O) groups excluding carboxylic acids is 1. The van der Waals surface area contributed by atoms with Crippen LogP contribution in [0.15, 0.2) is 24.3 Å². The lowest BCUT2D eigenvalue weighted by molar-refractivity contribution is -0.123. The first-order valence-corrected chi connectivity index (χ1v) is 6.14. The van der Waals surface area contributed by atoms with Crippen LogP contribution in [-0.2, 0) is 4.79 Å². The van der Waals surface area contributed by atoms with E-state index in [1.807, 2.05) is 24.3 Å². The molecule has 1 fully saturated rings. The number of methoxy groups -OCH3 is 1. The van der Waals surface area contributed by atoms with Crippen LogP contribution < -0.4 is 20.7 Å². The minimum Gasteiger partial charge on any atom is -0.497 e. The van der Waals surface area contributed by atoms with E-state index in [1.165, 1.54) is 0 Å². The summed E-state index contributed by atoms with van der Waals surface area (Å²) in [6, 6.07) is 7.58. The molecular formula is C13H19N3O2. The fourth-order valence-corrected chi connectivity index (χ4v) is 2.26. The number of rotatable bonds is 4. The molecule has 1 atom stereocenters. The van der Waals surface area contributed by atoms with Crippen LogP contribution in [0.25, 0.3) is 0 Å². The smallest absolute Gasteiger partial charge is 0.242 e. The van der Waals surface area contributed by atoms with E-state index in [-0.39, 0.29) is 11.9 Å². The van der Waals surface area contributed by atoms with Gasteiger partial charge in [-0.1, -0.05) is 6.07 Å². The van der Waals surface area contributed by atoms with Gasteiger partial charge in [0.05, 0.1) is 7.11 Å². The Morgan fingerprint density at radius 2 is 2.39 bits per heavy atom. The summed E-state index contributed by atoms with van der Waals surface area (Å²) in [7, 11) is 1.64. The number of hydrogen-bond donors (Lipinski definition) is 2. The van der Waals surface area contributed by atoms with E-state index in [1.54, 1.807) is 7.11 Å². The van der Waals surface area contributed by atoms with Gasteiger partial charge in [-0.2, -0.15) is 0 Å². The summed E-state index contributed by atoms with van der Waals surface area (Å²) in [5.41, 5.74) is 6.59. The molecule has 18 heavy (non-hydrogen) atoms. The largest absolute Gasteiger partial charge is 0.497 e. The maximum Gasteiger partial charge on any atom is 0.242 e. The van der Waals surface area contributed by atoms with Crippen LogP contribution >= 0.6 is 0 Å². The molecule has 0 bridgehead atoms. The van der Waals surface area contributed by atoms with Crippen molar-refractivity contribution in [1.82, 2.24) is 5.32 Å². The average molecular weight is 249 g/mol. The zero-order valence-corrected chi connectivity index (χ0v) is 10.6. The number of carbonyl (C=O) groups is 1. The lowest BCUT2D eigenvalue weighted by atomic mass is 10.1. The predicted octanol–water partition coefficient (Wildman–Crippen LogP) is 0.349. The van der Waals surface area contributed by atoms with E-state index < -0.39 is 0 Å². The van der Waals surface area contributed by atoms with Gasteiger partial charge in [0.15, 0.2) is 0 Å². The number of amides is 1. The molecule has 98 valence electrons. The third kappa shape index (κ3) is 2.56. The summed E-state index contributed by atoms with van der Waals surface area (Å²) >= 11 is 0. The molecule has 1 aromatic carbocycles. The third-order valence-corrected chi connectivity index (χ3v) is 3.16. The molecule has 0 aliphatic carbocycles. The van der Waals surface area contributed by atoms with Crippen LogP contribution in [0.2, 0.25) is 0 Å². The Kier molecular flexibility index (Phi) is 4.04. The second-order valence-electron chi connectivity index (χ2n) is 4.28. The van der Waals surface area contributed by atoms with Crippen molar-refractivity contribution in [2.45, 2.75) is 12.5 Å². The van der Waals surface area contributed by atoms with Gasteiger partial charge in [-0.25, -0.2) is 0 Å². The minimum atomic E-state index is -0.184. The molecule has 1 heterocycles. The molecule has 3 N–H and O–H groups in total. The van der Waals surface area contributed by atoms with Crippen molar-refractivity contribution in [3.05, 3.63) is 24.3 Å². The van der Waals surface area contributed by atoms with Crippen LogP contribution in [0.5, 0.6) is 5.75 Å². The van der Waals surface area contributed by atoms with Gasteiger partial charge in [0.2, 0.25) is 5.91 Å². The van der Waals surface area contributed by atoms with E-state index in [0.29, 0.717) is 19.5 Å². The Morgan fingerprint density at radius 1 is 1.56 bits per heavy atom. The highest BCUT2D eigenvalue weighted by Crippen LogP contribution is 2.24. The number of hydrogen-bond acceptors (Lipinski definition) is 4. The minimum absolute atomic E-state index is 0.0505. The van der Waals surface area contributed by atoms with E-state index in [4.69, 9.17) is 10.5 Å². The van der Waals surface area contributed by atoms with Crippen molar-refractivity contribution in [2.75, 3.05) is 31.6 Å². The van der Waals surface area contributed by atoms with E-state index in [2.05, 4.69) is 10.2 Å². The fourth-order valence-electron chi connectivity index (χ4n) is 2.26. The van der Waals surface area contributed by atoms with Crippen LogP contribution in [0.1, 0.15) is 6.42 Å². The maximum absolute atomic E-state index is 11.9. The Morgan fingerprint density at radius 3 is 3.11 bits per heavy atom. The van der Waals surface area contributed by atoms with Gasteiger partial charge in [0.25, 0.3) is 0 Å². The molecule has 1 unspecified atom stereocenters. The molecule has 1 saturated heterocycles. The number of anilines is 1. The molecule has 0 spiro atoms. The fraction of sp³-hybridized carbons (Fsp3) is 0.462. The van der Waals surface area contributed by atoms with Gasteiger partial charge < -0.3 is 20.7 Å². The van der Waals surface area contributed by atoms with E-state index in [0.717, 1.165) is 18.0 Å². The molecule has 0 radical (unpaired) electrons. The molecule has 1 aliphatic heterocycles. The van der Waals surface area contributed by atoms with Crippen LogP contribution in [0.4, 0.5) is 5.69 Å². The second-order valence-corrected chi connectivity index (χ2v) is 4.28. The topological polar surface area (TPSA) is 67.6 Å². The number of nitrogens with two attached hydrogens (primary N) is 1. The average Bonchev–Trinajstić information content (AvgIpc) is 2.41. The molecule has 2 rings (SSSR count). The standard InChI is InChI=1S/C13H19N3O2/c1-18-11-4-2-3-10(9-11)16-8-7-15-13(17)12(16)5-6-14/h2-4,9,12H,5-8,14H2,1H3,(H,15,17). The first-order chi connectivity index (χ1) is 8.76. The highest BCUT2D eigenvalue weighted by atomic mass is 16.5. The van der Waals surface area contributed by atoms with Gasteiger partial charge in [-0.15, -0.1) is 0 Å². The quantitative estimate of drug-likeness (QED) is 0.808.